The first-order chi connectivity index (χ1) is 8.19. The molecule has 17 heavy (non-hydrogen) atoms. The molecule has 1 rings (SSSR count). The van der Waals surface area contributed by atoms with Crippen LogP contribution in [-0.2, 0) is 0 Å². The summed E-state index contributed by atoms with van der Waals surface area (Å²) in [4.78, 5) is 0. The highest BCUT2D eigenvalue weighted by Gasteiger charge is 2.08. The molecule has 0 saturated carbocycles. The minimum absolute atomic E-state index is 0.122. The molecule has 0 amide bonds. The minimum Gasteiger partial charge on any atom is -0.493 e. The zero-order chi connectivity index (χ0) is 12.7. The van der Waals surface area contributed by atoms with Gasteiger partial charge in [-0.1, -0.05) is 5.16 Å². The molecule has 94 valence electrons. The van der Waals surface area contributed by atoms with Crippen LogP contribution in [0.2, 0.25) is 0 Å². The van der Waals surface area contributed by atoms with E-state index in [-0.39, 0.29) is 6.61 Å². The Morgan fingerprint density at radius 3 is 2.82 bits per heavy atom. The first-order valence-electron chi connectivity index (χ1n) is 5.41. The molecule has 2 N–H and O–H groups in total. The van der Waals surface area contributed by atoms with Crippen molar-refractivity contribution in [2.75, 3.05) is 13.2 Å². The lowest BCUT2D eigenvalue weighted by atomic mass is 10.1. The predicted molar refractivity (Wildman–Crippen MR) is 62.2 cm³/mol. The molecule has 0 atom stereocenters. The maximum absolute atomic E-state index is 13.1. The molecule has 4 nitrogen and oxygen atoms in total. The van der Waals surface area contributed by atoms with Gasteiger partial charge in [-0.15, -0.1) is 0 Å². The Morgan fingerprint density at radius 2 is 2.18 bits per heavy atom. The fourth-order valence-corrected chi connectivity index (χ4v) is 1.36. The maximum Gasteiger partial charge on any atom is 0.128 e. The summed E-state index contributed by atoms with van der Waals surface area (Å²) in [5.74, 6) is 0.0605. The van der Waals surface area contributed by atoms with E-state index in [1.807, 2.05) is 0 Å². The molecule has 0 bridgehead atoms. The minimum atomic E-state index is -0.411. The molecule has 0 aliphatic carbocycles. The lowest BCUT2D eigenvalue weighted by Crippen LogP contribution is -2.04. The van der Waals surface area contributed by atoms with Crippen LogP contribution in [-0.4, -0.2) is 29.2 Å². The topological polar surface area (TPSA) is 62.1 Å². The molecule has 1 aromatic carbocycles. The van der Waals surface area contributed by atoms with Crippen LogP contribution in [0, 0.1) is 5.82 Å². The van der Waals surface area contributed by atoms with Crippen molar-refractivity contribution in [1.29, 1.82) is 0 Å². The summed E-state index contributed by atoms with van der Waals surface area (Å²) in [6, 6.07) is 4.05. The lowest BCUT2D eigenvalue weighted by Gasteiger charge is -2.10. The molecule has 0 unspecified atom stereocenters. The number of aliphatic hydroxyl groups excluding tert-OH is 1. The van der Waals surface area contributed by atoms with Crippen LogP contribution in [0.4, 0.5) is 4.39 Å². The monoisotopic (exact) mass is 241 g/mol. The highest BCUT2D eigenvalue weighted by Crippen LogP contribution is 2.21. The van der Waals surface area contributed by atoms with Crippen molar-refractivity contribution in [3.8, 4) is 5.75 Å². The number of unbranched alkanes of at least 4 members (excludes halogenated alkanes) is 1. The van der Waals surface area contributed by atoms with Crippen molar-refractivity contribution < 1.29 is 19.4 Å². The number of aliphatic hydroxyl groups is 1. The summed E-state index contributed by atoms with van der Waals surface area (Å²) in [5, 5.41) is 20.3. The van der Waals surface area contributed by atoms with E-state index >= 15 is 0 Å². The summed E-state index contributed by atoms with van der Waals surface area (Å²) >= 11 is 0. The summed E-state index contributed by atoms with van der Waals surface area (Å²) in [5.41, 5.74) is 0.721. The zero-order valence-corrected chi connectivity index (χ0v) is 9.69. The lowest BCUT2D eigenvalue weighted by molar-refractivity contribution is 0.252. The van der Waals surface area contributed by atoms with Gasteiger partial charge in [0.25, 0.3) is 0 Å². The van der Waals surface area contributed by atoms with E-state index in [0.29, 0.717) is 36.5 Å². The Hall–Kier alpha value is -1.62. The summed E-state index contributed by atoms with van der Waals surface area (Å²) < 4.78 is 18.5. The van der Waals surface area contributed by atoms with Gasteiger partial charge in [-0.05, 0) is 38.0 Å². The third kappa shape index (κ3) is 4.03. The number of hydrogen-bond acceptors (Lipinski definition) is 4. The molecule has 1 aromatic rings. The van der Waals surface area contributed by atoms with Gasteiger partial charge < -0.3 is 15.1 Å². The van der Waals surface area contributed by atoms with E-state index in [2.05, 4.69) is 5.16 Å². The molecular weight excluding hydrogens is 225 g/mol. The van der Waals surface area contributed by atoms with Gasteiger partial charge in [-0.3, -0.25) is 0 Å². The van der Waals surface area contributed by atoms with Crippen molar-refractivity contribution in [3.63, 3.8) is 0 Å². The predicted octanol–water partition coefficient (Wildman–Crippen LogP) is 2.18. The number of hydrogen-bond donors (Lipinski definition) is 2. The SMILES string of the molecule is CC(=NO)c1cc(F)ccc1OCCCCO. The van der Waals surface area contributed by atoms with Crippen molar-refractivity contribution in [2.45, 2.75) is 19.8 Å². The van der Waals surface area contributed by atoms with Gasteiger partial charge in [-0.25, -0.2) is 4.39 Å². The van der Waals surface area contributed by atoms with E-state index in [9.17, 15) is 4.39 Å². The Kier molecular flexibility index (Phi) is 5.42. The number of nitrogens with zero attached hydrogens (tertiary/aromatic N) is 1. The van der Waals surface area contributed by atoms with E-state index in [4.69, 9.17) is 15.1 Å². The van der Waals surface area contributed by atoms with Gasteiger partial charge in [-0.2, -0.15) is 0 Å². The van der Waals surface area contributed by atoms with Crippen LogP contribution < -0.4 is 4.74 Å². The molecule has 0 aliphatic heterocycles. The average molecular weight is 241 g/mol. The van der Waals surface area contributed by atoms with Gasteiger partial charge in [0, 0.05) is 12.2 Å². The highest BCUT2D eigenvalue weighted by atomic mass is 19.1. The molecule has 0 radical (unpaired) electrons. The molecule has 0 saturated heterocycles. The molecule has 0 aliphatic rings. The molecular formula is C12H16FNO3. The molecule has 0 spiro atoms. The van der Waals surface area contributed by atoms with Crippen molar-refractivity contribution in [3.05, 3.63) is 29.6 Å². The van der Waals surface area contributed by atoms with Crippen LogP contribution >= 0.6 is 0 Å². The van der Waals surface area contributed by atoms with Crippen molar-refractivity contribution in [1.82, 2.24) is 0 Å². The highest BCUT2D eigenvalue weighted by molar-refractivity contribution is 6.00. The number of oxime groups is 1. The normalized spacial score (nSPS) is 11.6. The van der Waals surface area contributed by atoms with Gasteiger partial charge in [0.05, 0.1) is 12.3 Å². The van der Waals surface area contributed by atoms with E-state index in [0.717, 1.165) is 0 Å². The number of ether oxygens (including phenoxy) is 1. The molecule has 0 heterocycles. The van der Waals surface area contributed by atoms with Crippen LogP contribution in [0.15, 0.2) is 23.4 Å². The van der Waals surface area contributed by atoms with E-state index in [1.54, 1.807) is 6.92 Å². The first-order valence-corrected chi connectivity index (χ1v) is 5.41. The standard InChI is InChI=1S/C12H16FNO3/c1-9(14-16)11-8-10(13)4-5-12(11)17-7-3-2-6-15/h4-5,8,15-16H,2-3,6-7H2,1H3. The fraction of sp³-hybridized carbons (Fsp3) is 0.417. The largest absolute Gasteiger partial charge is 0.493 e. The Labute approximate surface area is 99.3 Å². The summed E-state index contributed by atoms with van der Waals surface area (Å²) in [6.07, 6.45) is 1.37. The third-order valence-electron chi connectivity index (χ3n) is 2.29. The van der Waals surface area contributed by atoms with E-state index in [1.165, 1.54) is 18.2 Å². The van der Waals surface area contributed by atoms with Gasteiger partial charge in [0.2, 0.25) is 0 Å². The second-order valence-corrected chi connectivity index (χ2v) is 3.61. The number of halogens is 1. The molecule has 0 fully saturated rings. The zero-order valence-electron chi connectivity index (χ0n) is 9.69. The smallest absolute Gasteiger partial charge is 0.128 e. The van der Waals surface area contributed by atoms with Crippen molar-refractivity contribution >= 4 is 5.71 Å². The molecule has 5 heteroatoms. The number of rotatable bonds is 6. The molecule has 0 aromatic heterocycles. The summed E-state index contributed by atoms with van der Waals surface area (Å²) in [7, 11) is 0. The Bertz CT molecular complexity index is 393. The second-order valence-electron chi connectivity index (χ2n) is 3.61. The average Bonchev–Trinajstić information content (AvgIpc) is 2.35. The second kappa shape index (κ2) is 6.85. The van der Waals surface area contributed by atoms with Crippen molar-refractivity contribution in [2.24, 2.45) is 5.16 Å². The van der Waals surface area contributed by atoms with Gasteiger partial charge in [0.1, 0.15) is 11.6 Å². The first kappa shape index (κ1) is 13.4. The quantitative estimate of drug-likeness (QED) is 0.347. The Morgan fingerprint density at radius 1 is 1.41 bits per heavy atom. The van der Waals surface area contributed by atoms with E-state index < -0.39 is 5.82 Å². The van der Waals surface area contributed by atoms with Crippen LogP contribution in [0.5, 0.6) is 5.75 Å². The van der Waals surface area contributed by atoms with Gasteiger partial charge >= 0.3 is 0 Å². The van der Waals surface area contributed by atoms with Gasteiger partial charge in [0.15, 0.2) is 0 Å². The maximum atomic E-state index is 13.1. The fourth-order valence-electron chi connectivity index (χ4n) is 1.36. The van der Waals surface area contributed by atoms with Crippen LogP contribution in [0.1, 0.15) is 25.3 Å². The number of benzene rings is 1. The summed E-state index contributed by atoms with van der Waals surface area (Å²) in [6.45, 7) is 2.12. The Balaban J connectivity index is 2.76. The van der Waals surface area contributed by atoms with Crippen LogP contribution in [0.25, 0.3) is 0 Å². The third-order valence-corrected chi connectivity index (χ3v) is 2.29. The van der Waals surface area contributed by atoms with Crippen LogP contribution in [0.3, 0.4) is 0 Å².